The Morgan fingerprint density at radius 3 is 2.94 bits per heavy atom. The lowest BCUT2D eigenvalue weighted by Crippen LogP contribution is -2.12. The molecule has 1 N–H and O–H groups in total. The van der Waals surface area contributed by atoms with Crippen molar-refractivity contribution in [3.05, 3.63) is 46.7 Å². The molecule has 3 nitrogen and oxygen atoms in total. The number of nitrogens with zero attached hydrogens (tertiary/aromatic N) is 1. The van der Waals surface area contributed by atoms with Gasteiger partial charge in [-0.05, 0) is 36.7 Å². The second-order valence-electron chi connectivity index (χ2n) is 3.28. The zero-order valence-corrected chi connectivity index (χ0v) is 9.34. The van der Waals surface area contributed by atoms with Gasteiger partial charge >= 0.3 is 0 Å². The van der Waals surface area contributed by atoms with Crippen molar-refractivity contribution in [2.24, 2.45) is 0 Å². The van der Waals surface area contributed by atoms with Gasteiger partial charge in [-0.2, -0.15) is 4.37 Å². The number of carbonyl (C=O) groups excluding carboxylic acids is 1. The fraction of sp³-hybridized carbons (Fsp3) is 0.0909. The Labute approximate surface area is 96.1 Å². The summed E-state index contributed by atoms with van der Waals surface area (Å²) < 4.78 is 16.9. The molecular formula is C11H9FN2OS. The molecule has 0 fully saturated rings. The van der Waals surface area contributed by atoms with Gasteiger partial charge in [0.2, 0.25) is 0 Å². The zero-order valence-electron chi connectivity index (χ0n) is 8.53. The molecule has 0 atom stereocenters. The van der Waals surface area contributed by atoms with Crippen molar-refractivity contribution in [3.8, 4) is 0 Å². The van der Waals surface area contributed by atoms with Crippen molar-refractivity contribution < 1.29 is 9.18 Å². The van der Waals surface area contributed by atoms with Gasteiger partial charge in [-0.25, -0.2) is 4.39 Å². The van der Waals surface area contributed by atoms with Crippen LogP contribution in [0.4, 0.5) is 10.1 Å². The van der Waals surface area contributed by atoms with Crippen molar-refractivity contribution in [3.63, 3.8) is 0 Å². The molecule has 0 radical (unpaired) electrons. The van der Waals surface area contributed by atoms with Gasteiger partial charge in [0.25, 0.3) is 5.91 Å². The molecule has 82 valence electrons. The third-order valence-electron chi connectivity index (χ3n) is 2.08. The molecule has 0 aliphatic heterocycles. The molecular weight excluding hydrogens is 227 g/mol. The minimum Gasteiger partial charge on any atom is -0.322 e. The van der Waals surface area contributed by atoms with E-state index < -0.39 is 0 Å². The monoisotopic (exact) mass is 236 g/mol. The molecule has 1 heterocycles. The van der Waals surface area contributed by atoms with E-state index in [0.717, 1.165) is 0 Å². The topological polar surface area (TPSA) is 42.0 Å². The van der Waals surface area contributed by atoms with Crippen LogP contribution in [-0.2, 0) is 0 Å². The predicted octanol–water partition coefficient (Wildman–Crippen LogP) is 2.84. The Hall–Kier alpha value is -1.75. The number of amides is 1. The fourth-order valence-electron chi connectivity index (χ4n) is 1.28. The summed E-state index contributed by atoms with van der Waals surface area (Å²) in [6.07, 6.45) is 0. The van der Waals surface area contributed by atoms with E-state index in [9.17, 15) is 9.18 Å². The average Bonchev–Trinajstić information content (AvgIpc) is 2.64. The Bertz CT molecular complexity index is 524. The van der Waals surface area contributed by atoms with Gasteiger partial charge in [0.15, 0.2) is 0 Å². The van der Waals surface area contributed by atoms with E-state index in [1.54, 1.807) is 24.4 Å². The Kier molecular flexibility index (Phi) is 2.96. The van der Waals surface area contributed by atoms with Gasteiger partial charge in [-0.1, -0.05) is 6.07 Å². The molecule has 0 aliphatic rings. The average molecular weight is 236 g/mol. The van der Waals surface area contributed by atoms with Crippen molar-refractivity contribution >= 4 is 23.1 Å². The van der Waals surface area contributed by atoms with E-state index >= 15 is 0 Å². The summed E-state index contributed by atoms with van der Waals surface area (Å²) in [5, 5.41) is 4.28. The normalized spacial score (nSPS) is 10.1. The first-order chi connectivity index (χ1) is 7.66. The number of benzene rings is 1. The molecule has 0 saturated carbocycles. The van der Waals surface area contributed by atoms with Gasteiger partial charge in [0, 0.05) is 11.1 Å². The van der Waals surface area contributed by atoms with Crippen LogP contribution in [0, 0.1) is 12.7 Å². The zero-order chi connectivity index (χ0) is 11.5. The number of hydrogen-bond acceptors (Lipinski definition) is 3. The van der Waals surface area contributed by atoms with Crippen LogP contribution in [0.25, 0.3) is 0 Å². The third kappa shape index (κ3) is 2.25. The van der Waals surface area contributed by atoms with Crippen LogP contribution in [0.5, 0.6) is 0 Å². The lowest BCUT2D eigenvalue weighted by molar-refractivity contribution is 0.102. The predicted molar refractivity (Wildman–Crippen MR) is 61.2 cm³/mol. The summed E-state index contributed by atoms with van der Waals surface area (Å²) in [5.41, 5.74) is 1.64. The summed E-state index contributed by atoms with van der Waals surface area (Å²) in [6.45, 7) is 1.76. The number of aromatic nitrogens is 1. The number of nitrogens with one attached hydrogen (secondary N) is 1. The first-order valence-electron chi connectivity index (χ1n) is 4.65. The molecule has 5 heteroatoms. The first kappa shape index (κ1) is 10.8. The minimum absolute atomic E-state index is 0.267. The lowest BCUT2D eigenvalue weighted by Gasteiger charge is -2.03. The fourth-order valence-corrected chi connectivity index (χ4v) is 1.97. The molecule has 0 unspecified atom stereocenters. The summed E-state index contributed by atoms with van der Waals surface area (Å²) in [6, 6.07) is 5.78. The third-order valence-corrected chi connectivity index (χ3v) is 2.80. The van der Waals surface area contributed by atoms with E-state index in [1.165, 1.54) is 23.7 Å². The van der Waals surface area contributed by atoms with Gasteiger partial charge in [0.1, 0.15) is 5.82 Å². The smallest absolute Gasteiger partial charge is 0.258 e. The molecule has 1 aromatic carbocycles. The van der Waals surface area contributed by atoms with Crippen molar-refractivity contribution in [1.29, 1.82) is 0 Å². The highest BCUT2D eigenvalue weighted by molar-refractivity contribution is 7.04. The van der Waals surface area contributed by atoms with Gasteiger partial charge < -0.3 is 5.32 Å². The number of rotatable bonds is 2. The molecule has 1 amide bonds. The minimum atomic E-state index is -0.377. The van der Waals surface area contributed by atoms with Crippen molar-refractivity contribution in [2.45, 2.75) is 6.92 Å². The van der Waals surface area contributed by atoms with Gasteiger partial charge in [-0.3, -0.25) is 4.79 Å². The number of aryl methyl sites for hydroxylation is 1. The van der Waals surface area contributed by atoms with Gasteiger partial charge in [0.05, 0.1) is 11.3 Å². The second-order valence-corrected chi connectivity index (χ2v) is 3.91. The summed E-state index contributed by atoms with van der Waals surface area (Å²) in [4.78, 5) is 11.7. The molecule has 0 spiro atoms. The Morgan fingerprint density at radius 2 is 2.31 bits per heavy atom. The maximum Gasteiger partial charge on any atom is 0.258 e. The van der Waals surface area contributed by atoms with Crippen LogP contribution in [0.2, 0.25) is 0 Å². The lowest BCUT2D eigenvalue weighted by atomic mass is 10.2. The number of halogens is 1. The summed E-state index contributed by atoms with van der Waals surface area (Å²) in [7, 11) is 0. The number of carbonyl (C=O) groups is 1. The van der Waals surface area contributed by atoms with Gasteiger partial charge in [-0.15, -0.1) is 0 Å². The first-order valence-corrected chi connectivity index (χ1v) is 5.48. The molecule has 2 aromatic rings. The standard InChI is InChI=1S/C11H9FN2OS/c1-7-10(6-16-14-7)11(15)13-9-4-2-3-8(12)5-9/h2-6H,1H3,(H,13,15). The highest BCUT2D eigenvalue weighted by atomic mass is 32.1. The van der Waals surface area contributed by atoms with E-state index in [2.05, 4.69) is 9.69 Å². The van der Waals surface area contributed by atoms with E-state index in [0.29, 0.717) is 16.9 Å². The molecule has 0 bridgehead atoms. The highest BCUT2D eigenvalue weighted by Crippen LogP contribution is 2.14. The molecule has 2 rings (SSSR count). The van der Waals surface area contributed by atoms with Crippen LogP contribution in [-0.4, -0.2) is 10.3 Å². The quantitative estimate of drug-likeness (QED) is 0.871. The SMILES string of the molecule is Cc1nscc1C(=O)Nc1cccc(F)c1. The van der Waals surface area contributed by atoms with E-state index in [1.807, 2.05) is 0 Å². The Morgan fingerprint density at radius 1 is 1.50 bits per heavy atom. The molecule has 0 saturated heterocycles. The summed E-state index contributed by atoms with van der Waals surface area (Å²) in [5.74, 6) is -0.644. The highest BCUT2D eigenvalue weighted by Gasteiger charge is 2.11. The molecule has 0 aliphatic carbocycles. The van der Waals surface area contributed by atoms with E-state index in [4.69, 9.17) is 0 Å². The van der Waals surface area contributed by atoms with Crippen LogP contribution >= 0.6 is 11.5 Å². The largest absolute Gasteiger partial charge is 0.322 e. The van der Waals surface area contributed by atoms with Crippen LogP contribution in [0.15, 0.2) is 29.6 Å². The molecule has 1 aromatic heterocycles. The van der Waals surface area contributed by atoms with Crippen molar-refractivity contribution in [2.75, 3.05) is 5.32 Å². The maximum absolute atomic E-state index is 12.9. The number of anilines is 1. The maximum atomic E-state index is 12.9. The van der Waals surface area contributed by atoms with Crippen LogP contribution in [0.1, 0.15) is 16.1 Å². The van der Waals surface area contributed by atoms with Crippen LogP contribution in [0.3, 0.4) is 0 Å². The second kappa shape index (κ2) is 4.40. The van der Waals surface area contributed by atoms with E-state index in [-0.39, 0.29) is 11.7 Å². The summed E-state index contributed by atoms with van der Waals surface area (Å²) >= 11 is 1.22. The number of hydrogen-bond donors (Lipinski definition) is 1. The Balaban J connectivity index is 2.17. The van der Waals surface area contributed by atoms with Crippen molar-refractivity contribution in [1.82, 2.24) is 4.37 Å². The van der Waals surface area contributed by atoms with Crippen LogP contribution < -0.4 is 5.32 Å². The molecule has 16 heavy (non-hydrogen) atoms.